The molecule has 4 nitrogen and oxygen atoms in total. The Morgan fingerprint density at radius 2 is 1.85 bits per heavy atom. The fraction of sp³-hybridized carbons (Fsp3) is 0.812. The molecule has 0 spiro atoms. The van der Waals surface area contributed by atoms with Gasteiger partial charge in [-0.15, -0.1) is 0 Å². The van der Waals surface area contributed by atoms with Crippen LogP contribution in [0.1, 0.15) is 71.7 Å². The Hall–Kier alpha value is -0.870. The molecule has 0 radical (unpaired) electrons. The van der Waals surface area contributed by atoms with Gasteiger partial charge in [0.25, 0.3) is 0 Å². The van der Waals surface area contributed by atoms with Gasteiger partial charge >= 0.3 is 0 Å². The number of nitrogens with one attached hydrogen (secondary N) is 1. The molecule has 1 unspecified atom stereocenters. The lowest BCUT2D eigenvalue weighted by Crippen LogP contribution is -2.40. The molecule has 0 amide bonds. The van der Waals surface area contributed by atoms with Gasteiger partial charge in [0.1, 0.15) is 0 Å². The maximum absolute atomic E-state index is 10.3. The zero-order valence-corrected chi connectivity index (χ0v) is 14.1. The highest BCUT2D eigenvalue weighted by molar-refractivity contribution is 5.20. The van der Waals surface area contributed by atoms with E-state index in [0.717, 1.165) is 18.5 Å². The second-order valence-electron chi connectivity index (χ2n) is 6.82. The summed E-state index contributed by atoms with van der Waals surface area (Å²) >= 11 is 0. The van der Waals surface area contributed by atoms with Gasteiger partial charge in [-0.25, -0.2) is 0 Å². The average Bonchev–Trinajstić information content (AvgIpc) is 2.77. The van der Waals surface area contributed by atoms with Crippen LogP contribution in [-0.2, 0) is 5.54 Å². The summed E-state index contributed by atoms with van der Waals surface area (Å²) < 4.78 is 2.02. The van der Waals surface area contributed by atoms with Crippen LogP contribution < -0.4 is 5.32 Å². The van der Waals surface area contributed by atoms with Crippen molar-refractivity contribution in [2.45, 2.75) is 78.5 Å². The molecular formula is C16H31N3O. The molecule has 0 aliphatic heterocycles. The van der Waals surface area contributed by atoms with Crippen molar-refractivity contribution >= 4 is 0 Å². The van der Waals surface area contributed by atoms with Gasteiger partial charge in [0.2, 0.25) is 0 Å². The molecule has 4 heteroatoms. The second-order valence-corrected chi connectivity index (χ2v) is 6.82. The van der Waals surface area contributed by atoms with Crippen molar-refractivity contribution in [1.82, 2.24) is 15.1 Å². The van der Waals surface area contributed by atoms with E-state index in [4.69, 9.17) is 0 Å². The van der Waals surface area contributed by atoms with Crippen LogP contribution >= 0.6 is 0 Å². The highest BCUT2D eigenvalue weighted by Gasteiger charge is 2.24. The molecular weight excluding hydrogens is 250 g/mol. The zero-order chi connectivity index (χ0) is 15.6. The molecule has 0 saturated heterocycles. The third-order valence-electron chi connectivity index (χ3n) is 4.14. The maximum atomic E-state index is 10.3. The highest BCUT2D eigenvalue weighted by atomic mass is 16.3. The molecule has 2 N–H and O–H groups in total. The molecule has 0 saturated carbocycles. The number of nitrogens with zero attached hydrogens (tertiary/aromatic N) is 2. The number of aryl methyl sites for hydroxylation is 1. The van der Waals surface area contributed by atoms with Crippen LogP contribution in [0.2, 0.25) is 0 Å². The SMILES string of the molecule is CCC(O)(CC)CNC(C)c1cn(C(C)(C)C)nc1C. The van der Waals surface area contributed by atoms with E-state index in [0.29, 0.717) is 6.54 Å². The molecule has 0 fully saturated rings. The minimum Gasteiger partial charge on any atom is -0.389 e. The summed E-state index contributed by atoms with van der Waals surface area (Å²) in [5.74, 6) is 0. The lowest BCUT2D eigenvalue weighted by atomic mass is 9.97. The molecule has 116 valence electrons. The van der Waals surface area contributed by atoms with Crippen molar-refractivity contribution in [2.24, 2.45) is 0 Å². The van der Waals surface area contributed by atoms with Crippen LogP contribution in [0.5, 0.6) is 0 Å². The van der Waals surface area contributed by atoms with Gasteiger partial charge < -0.3 is 10.4 Å². The quantitative estimate of drug-likeness (QED) is 0.842. The number of hydrogen-bond acceptors (Lipinski definition) is 3. The Kier molecular flexibility index (Phi) is 5.39. The van der Waals surface area contributed by atoms with E-state index in [1.54, 1.807) is 0 Å². The van der Waals surface area contributed by atoms with Crippen LogP contribution in [0, 0.1) is 6.92 Å². The molecule has 1 aromatic rings. The van der Waals surface area contributed by atoms with Gasteiger partial charge in [0, 0.05) is 24.3 Å². The lowest BCUT2D eigenvalue weighted by Gasteiger charge is -2.27. The van der Waals surface area contributed by atoms with E-state index in [2.05, 4.69) is 44.3 Å². The highest BCUT2D eigenvalue weighted by Crippen LogP contribution is 2.22. The average molecular weight is 281 g/mol. The van der Waals surface area contributed by atoms with E-state index in [-0.39, 0.29) is 11.6 Å². The minimum absolute atomic E-state index is 0.00367. The molecule has 1 atom stereocenters. The van der Waals surface area contributed by atoms with Crippen molar-refractivity contribution in [2.75, 3.05) is 6.54 Å². The molecule has 1 heterocycles. The summed E-state index contributed by atoms with van der Waals surface area (Å²) in [5.41, 5.74) is 1.64. The number of rotatable bonds is 6. The van der Waals surface area contributed by atoms with Crippen LogP contribution in [0.25, 0.3) is 0 Å². The van der Waals surface area contributed by atoms with Gasteiger partial charge in [-0.1, -0.05) is 13.8 Å². The Labute approximate surface area is 123 Å². The first-order chi connectivity index (χ1) is 9.13. The third kappa shape index (κ3) is 4.06. The molecule has 0 aromatic carbocycles. The smallest absolute Gasteiger partial charge is 0.0766 e. The first-order valence-electron chi connectivity index (χ1n) is 7.65. The zero-order valence-electron chi connectivity index (χ0n) is 14.1. The Morgan fingerprint density at radius 1 is 1.30 bits per heavy atom. The normalized spacial score (nSPS) is 14.6. The van der Waals surface area contributed by atoms with Crippen molar-refractivity contribution in [3.63, 3.8) is 0 Å². The second kappa shape index (κ2) is 6.27. The predicted octanol–water partition coefficient (Wildman–Crippen LogP) is 3.15. The van der Waals surface area contributed by atoms with Gasteiger partial charge in [-0.2, -0.15) is 5.10 Å². The monoisotopic (exact) mass is 281 g/mol. The number of aromatic nitrogens is 2. The predicted molar refractivity (Wildman–Crippen MR) is 83.9 cm³/mol. The van der Waals surface area contributed by atoms with Crippen LogP contribution in [0.15, 0.2) is 6.20 Å². The van der Waals surface area contributed by atoms with Crippen LogP contribution in [-0.4, -0.2) is 27.0 Å². The van der Waals surface area contributed by atoms with Crippen LogP contribution in [0.4, 0.5) is 0 Å². The van der Waals surface area contributed by atoms with E-state index in [1.165, 1.54) is 5.56 Å². The fourth-order valence-corrected chi connectivity index (χ4v) is 2.20. The van der Waals surface area contributed by atoms with Gasteiger partial charge in [-0.05, 0) is 47.5 Å². The van der Waals surface area contributed by atoms with Crippen LogP contribution in [0.3, 0.4) is 0 Å². The largest absolute Gasteiger partial charge is 0.389 e. The van der Waals surface area contributed by atoms with E-state index in [9.17, 15) is 5.11 Å². The van der Waals surface area contributed by atoms with Crippen molar-refractivity contribution in [3.05, 3.63) is 17.5 Å². The molecule has 0 aliphatic carbocycles. The minimum atomic E-state index is -0.609. The molecule has 1 rings (SSSR count). The third-order valence-corrected chi connectivity index (χ3v) is 4.14. The number of aliphatic hydroxyl groups is 1. The van der Waals surface area contributed by atoms with Crippen molar-refractivity contribution in [3.8, 4) is 0 Å². The molecule has 0 bridgehead atoms. The maximum Gasteiger partial charge on any atom is 0.0766 e. The van der Waals surface area contributed by atoms with E-state index >= 15 is 0 Å². The summed E-state index contributed by atoms with van der Waals surface area (Å²) in [7, 11) is 0. The molecule has 1 aromatic heterocycles. The summed E-state index contributed by atoms with van der Waals surface area (Å²) in [6.45, 7) is 15.3. The van der Waals surface area contributed by atoms with Gasteiger partial charge in [0.15, 0.2) is 0 Å². The molecule has 0 aliphatic rings. The molecule has 20 heavy (non-hydrogen) atoms. The van der Waals surface area contributed by atoms with E-state index < -0.39 is 5.60 Å². The Balaban J connectivity index is 2.78. The topological polar surface area (TPSA) is 50.1 Å². The number of hydrogen-bond donors (Lipinski definition) is 2. The van der Waals surface area contributed by atoms with Gasteiger partial charge in [0.05, 0.1) is 16.8 Å². The lowest BCUT2D eigenvalue weighted by molar-refractivity contribution is 0.0303. The van der Waals surface area contributed by atoms with Crippen molar-refractivity contribution < 1.29 is 5.11 Å². The fourth-order valence-electron chi connectivity index (χ4n) is 2.20. The first-order valence-corrected chi connectivity index (χ1v) is 7.65. The summed E-state index contributed by atoms with van der Waals surface area (Å²) in [6.07, 6.45) is 3.65. The Bertz CT molecular complexity index is 427. The first kappa shape index (κ1) is 17.2. The standard InChI is InChI=1S/C16H31N3O/c1-8-16(20,9-2)11-17-12(3)14-10-19(15(5,6)7)18-13(14)4/h10,12,17,20H,8-9,11H2,1-7H3. The Morgan fingerprint density at radius 3 is 2.25 bits per heavy atom. The van der Waals surface area contributed by atoms with Gasteiger partial charge in [-0.3, -0.25) is 4.68 Å². The summed E-state index contributed by atoms with van der Waals surface area (Å²) in [5, 5.41) is 18.4. The van der Waals surface area contributed by atoms with Crippen molar-refractivity contribution in [1.29, 1.82) is 0 Å². The summed E-state index contributed by atoms with van der Waals surface area (Å²) in [6, 6.07) is 0.190. The van der Waals surface area contributed by atoms with E-state index in [1.807, 2.05) is 25.5 Å². The summed E-state index contributed by atoms with van der Waals surface area (Å²) in [4.78, 5) is 0.